The van der Waals surface area contributed by atoms with Gasteiger partial charge in [-0.1, -0.05) is 29.1 Å². The van der Waals surface area contributed by atoms with E-state index in [1.165, 1.54) is 16.8 Å². The summed E-state index contributed by atoms with van der Waals surface area (Å²) < 4.78 is 68.2. The molecule has 12 nitrogen and oxygen atoms in total. The summed E-state index contributed by atoms with van der Waals surface area (Å²) in [4.78, 5) is 39.1. The van der Waals surface area contributed by atoms with Crippen molar-refractivity contribution in [3.8, 4) is 11.4 Å². The molecule has 2 amide bonds. The van der Waals surface area contributed by atoms with Crippen LogP contribution in [0.3, 0.4) is 0 Å². The summed E-state index contributed by atoms with van der Waals surface area (Å²) in [6.07, 6.45) is 8.00. The molecule has 4 heterocycles. The lowest BCUT2D eigenvalue weighted by molar-refractivity contribution is -0.302. The van der Waals surface area contributed by atoms with Crippen LogP contribution in [0.5, 0.6) is 5.75 Å². The first-order valence-electron chi connectivity index (χ1n) is 17.2. The molecular weight excluding hydrogens is 729 g/mol. The number of benzene rings is 2. The van der Waals surface area contributed by atoms with Crippen molar-refractivity contribution in [2.24, 2.45) is 5.73 Å². The van der Waals surface area contributed by atoms with Crippen molar-refractivity contribution in [3.63, 3.8) is 0 Å². The topological polar surface area (TPSA) is 149 Å². The maximum Gasteiger partial charge on any atom is 0.387 e. The number of nitrogens with one attached hydrogen (secondary N) is 2. The fraction of sp³-hybridized carbons (Fsp3) is 0.297. The number of amides is 2. The SMILES string of the molecule is Cc1cc(C)n2c1C=C1C=CC(CCC(=O)NCc3cn(-c4cccc(C(=O)N[C@@H](CCCCN)C(=O)COc5c(F)cccc5F)c4)nn3)=[N+]1S2(F)F. The number of halogens is 4. The van der Waals surface area contributed by atoms with Gasteiger partial charge in [0.25, 0.3) is 5.91 Å². The molecule has 2 aliphatic rings. The number of nitrogens with two attached hydrogens (primary N) is 1. The number of Topliss-reactive ketones (excluding diaryl/α,β-unsaturated/α-hetero) is 1. The zero-order valence-electron chi connectivity index (χ0n) is 29.5. The Morgan fingerprint density at radius 3 is 2.56 bits per heavy atom. The number of carbonyl (C=O) groups excluding carboxylic acids is 3. The van der Waals surface area contributed by atoms with Crippen molar-refractivity contribution in [1.29, 1.82) is 0 Å². The van der Waals surface area contributed by atoms with E-state index < -0.39 is 52.9 Å². The highest BCUT2D eigenvalue weighted by Crippen LogP contribution is 2.60. The molecule has 17 heteroatoms. The lowest BCUT2D eigenvalue weighted by Gasteiger charge is -2.25. The zero-order chi connectivity index (χ0) is 38.6. The van der Waals surface area contributed by atoms with Crippen LogP contribution < -0.4 is 21.1 Å². The fourth-order valence-electron chi connectivity index (χ4n) is 6.25. The Morgan fingerprint density at radius 1 is 1.04 bits per heavy atom. The number of nitrogens with zero attached hydrogens (tertiary/aromatic N) is 5. The summed E-state index contributed by atoms with van der Waals surface area (Å²) in [5, 5.41) is 13.6. The quantitative estimate of drug-likeness (QED) is 0.0768. The van der Waals surface area contributed by atoms with Crippen LogP contribution >= 0.6 is 11.2 Å². The summed E-state index contributed by atoms with van der Waals surface area (Å²) in [7, 11) is 0. The highest BCUT2D eigenvalue weighted by Gasteiger charge is 2.50. The van der Waals surface area contributed by atoms with E-state index >= 15 is 7.77 Å². The second kappa shape index (κ2) is 16.2. The molecular formula is C37H39F4N8O4S+. The van der Waals surface area contributed by atoms with E-state index in [4.69, 9.17) is 10.5 Å². The third-order valence-corrected chi connectivity index (χ3v) is 10.8. The molecule has 4 N–H and O–H groups in total. The van der Waals surface area contributed by atoms with Crippen LogP contribution in [0.2, 0.25) is 0 Å². The van der Waals surface area contributed by atoms with Crippen molar-refractivity contribution < 1.29 is 39.7 Å². The van der Waals surface area contributed by atoms with E-state index in [1.54, 1.807) is 62.5 Å². The van der Waals surface area contributed by atoms with E-state index in [0.29, 0.717) is 53.6 Å². The van der Waals surface area contributed by atoms with E-state index in [-0.39, 0.29) is 37.3 Å². The molecule has 4 aromatic rings. The molecule has 1 atom stereocenters. The number of hydrogen-bond acceptors (Lipinski definition) is 7. The first-order valence-corrected chi connectivity index (χ1v) is 18.6. The van der Waals surface area contributed by atoms with Gasteiger partial charge in [0, 0.05) is 42.3 Å². The van der Waals surface area contributed by atoms with E-state index in [1.807, 2.05) is 0 Å². The van der Waals surface area contributed by atoms with Crippen LogP contribution in [0.25, 0.3) is 11.8 Å². The maximum absolute atomic E-state index is 15.7. The molecule has 0 radical (unpaired) electrons. The Balaban J connectivity index is 1.04. The number of aromatic nitrogens is 4. The Morgan fingerprint density at radius 2 is 1.80 bits per heavy atom. The summed E-state index contributed by atoms with van der Waals surface area (Å²) in [6.45, 7) is 3.20. The summed E-state index contributed by atoms with van der Waals surface area (Å²) in [5.74, 6) is -4.10. The highest BCUT2D eigenvalue weighted by atomic mass is 32.3. The number of aryl methyl sites for hydroxylation is 2. The Hall–Kier alpha value is -5.55. The minimum atomic E-state index is -4.39. The number of unbranched alkanes of at least 4 members (excludes halogenated alkanes) is 1. The van der Waals surface area contributed by atoms with E-state index in [0.717, 1.165) is 25.6 Å². The molecule has 2 aromatic heterocycles. The molecule has 2 aliphatic heterocycles. The third-order valence-electron chi connectivity index (χ3n) is 8.94. The van der Waals surface area contributed by atoms with Gasteiger partial charge in [-0.3, -0.25) is 14.4 Å². The van der Waals surface area contributed by atoms with Gasteiger partial charge in [-0.05, 0) is 81.6 Å². The summed E-state index contributed by atoms with van der Waals surface area (Å²) in [6, 6.07) is 10.3. The predicted molar refractivity (Wildman–Crippen MR) is 195 cm³/mol. The molecule has 54 heavy (non-hydrogen) atoms. The number of ether oxygens (including phenoxy) is 1. The van der Waals surface area contributed by atoms with Crippen LogP contribution in [0.1, 0.15) is 65.1 Å². The van der Waals surface area contributed by atoms with Gasteiger partial charge >= 0.3 is 11.2 Å². The average Bonchev–Trinajstić information content (AvgIpc) is 3.87. The second-order valence-electron chi connectivity index (χ2n) is 12.9. The summed E-state index contributed by atoms with van der Waals surface area (Å²) in [5.41, 5.74) is 9.18. The zero-order valence-corrected chi connectivity index (χ0v) is 30.3. The van der Waals surface area contributed by atoms with Crippen LogP contribution in [0, 0.1) is 25.5 Å². The standard InChI is InChI=1S/C37H38F4N8O4S/c1-23-17-24(2)48-33(23)19-29-13-12-27(49(29)54(48,40)41)14-15-35(51)43-20-26-21-47(46-45-26)28-8-5-7-25(18-28)37(52)44-32(11-3-4-16-42)34(50)22-53-36-30(38)9-6-10-31(36)39/h5-10,12-13,17-19,21,32H,3-4,11,14-16,20,22,42H2,1-2H3,(H-,43,44,51,52)/p+1/t32-/m0/s1. The van der Waals surface area contributed by atoms with Gasteiger partial charge in [0.1, 0.15) is 12.3 Å². The Labute approximate surface area is 310 Å². The largest absolute Gasteiger partial charge is 0.480 e. The van der Waals surface area contributed by atoms with Crippen LogP contribution in [0.15, 0.2) is 72.6 Å². The van der Waals surface area contributed by atoms with Gasteiger partial charge in [0.05, 0.1) is 30.2 Å². The van der Waals surface area contributed by atoms with E-state index in [2.05, 4.69) is 20.9 Å². The third kappa shape index (κ3) is 8.16. The molecule has 0 bridgehead atoms. The first kappa shape index (κ1) is 38.2. The highest BCUT2D eigenvalue weighted by molar-refractivity contribution is 8.18. The number of ketones is 1. The normalized spacial score (nSPS) is 15.3. The average molecular weight is 768 g/mol. The molecule has 6 rings (SSSR count). The lowest BCUT2D eigenvalue weighted by Crippen LogP contribution is -2.43. The van der Waals surface area contributed by atoms with Crippen LogP contribution in [-0.2, 0) is 16.1 Å². The molecule has 0 saturated heterocycles. The Bertz CT molecular complexity index is 2170. The molecule has 0 fully saturated rings. The predicted octanol–water partition coefficient (Wildman–Crippen LogP) is 5.57. The molecule has 0 aliphatic carbocycles. The molecule has 284 valence electrons. The van der Waals surface area contributed by atoms with Crippen LogP contribution in [0.4, 0.5) is 16.6 Å². The van der Waals surface area contributed by atoms with Crippen molar-refractivity contribution in [2.75, 3.05) is 13.2 Å². The number of fused-ring (bicyclic) bond motifs is 2. The maximum atomic E-state index is 15.7. The summed E-state index contributed by atoms with van der Waals surface area (Å²) >= 11 is -4.39. The molecule has 0 unspecified atom stereocenters. The molecule has 0 saturated carbocycles. The molecule has 2 aromatic carbocycles. The number of allylic oxidation sites excluding steroid dienone is 2. The van der Waals surface area contributed by atoms with Gasteiger partial charge in [-0.15, -0.1) is 5.10 Å². The number of rotatable bonds is 16. The van der Waals surface area contributed by atoms with Crippen molar-refractivity contribution >= 4 is 40.6 Å². The fourth-order valence-corrected chi connectivity index (χ4v) is 8.05. The first-order chi connectivity index (χ1) is 25.9. The van der Waals surface area contributed by atoms with Crippen molar-refractivity contribution in [2.45, 2.75) is 58.5 Å². The number of para-hydroxylation sites is 1. The lowest BCUT2D eigenvalue weighted by atomic mass is 10.0. The smallest absolute Gasteiger partial charge is 0.387 e. The van der Waals surface area contributed by atoms with Crippen molar-refractivity contribution in [3.05, 3.63) is 112 Å². The second-order valence-corrected chi connectivity index (χ2v) is 14.4. The number of hydrogen-bond donors (Lipinski definition) is 3. The van der Waals surface area contributed by atoms with Crippen LogP contribution in [-0.4, -0.2) is 65.4 Å². The van der Waals surface area contributed by atoms with Gasteiger partial charge in [-0.2, -0.15) is 0 Å². The number of carbonyl (C=O) groups is 3. The van der Waals surface area contributed by atoms with Gasteiger partial charge in [0.15, 0.2) is 23.2 Å². The van der Waals surface area contributed by atoms with E-state index in [9.17, 15) is 23.2 Å². The Kier molecular flexibility index (Phi) is 11.5. The monoisotopic (exact) mass is 767 g/mol. The van der Waals surface area contributed by atoms with Crippen molar-refractivity contribution in [1.82, 2.24) is 29.6 Å². The van der Waals surface area contributed by atoms with Gasteiger partial charge in [-0.25, -0.2) is 17.4 Å². The van der Waals surface area contributed by atoms with Gasteiger partial charge in [0.2, 0.25) is 17.3 Å². The minimum Gasteiger partial charge on any atom is -0.480 e. The molecule has 0 spiro atoms. The van der Waals surface area contributed by atoms with Gasteiger partial charge < -0.3 is 21.1 Å². The minimum absolute atomic E-state index is 0.0249.